The van der Waals surface area contributed by atoms with Crippen LogP contribution in [0.5, 0.6) is 5.75 Å². The van der Waals surface area contributed by atoms with Crippen LogP contribution in [0.1, 0.15) is 0 Å². The molecule has 0 aromatic heterocycles. The largest absolute Gasteiger partial charge is 0.489 e. The van der Waals surface area contributed by atoms with Crippen molar-refractivity contribution in [2.75, 3.05) is 19.0 Å². The second-order valence-electron chi connectivity index (χ2n) is 2.38. The Balaban J connectivity index is 2.65. The number of ether oxygens (including phenoxy) is 1. The van der Waals surface area contributed by atoms with Crippen molar-refractivity contribution in [3.8, 4) is 5.75 Å². The summed E-state index contributed by atoms with van der Waals surface area (Å²) in [5.41, 5.74) is 1.05. The average Bonchev–Trinajstić information content (AvgIpc) is 2.15. The van der Waals surface area contributed by atoms with Gasteiger partial charge in [0.15, 0.2) is 0 Å². The molecule has 2 heteroatoms. The molecule has 0 fully saturated rings. The van der Waals surface area contributed by atoms with Crippen LogP contribution >= 0.6 is 0 Å². The summed E-state index contributed by atoms with van der Waals surface area (Å²) in [6, 6.07) is 7.80. The van der Waals surface area contributed by atoms with Gasteiger partial charge in [-0.15, -0.1) is 0 Å². The molecule has 1 aromatic rings. The second kappa shape index (κ2) is 4.44. The molecule has 0 spiro atoms. The second-order valence-corrected chi connectivity index (χ2v) is 2.38. The van der Waals surface area contributed by atoms with Gasteiger partial charge >= 0.3 is 0 Å². The number of hydrogen-bond donors (Lipinski definition) is 1. The molecule has 0 aliphatic carbocycles. The highest BCUT2D eigenvalue weighted by Gasteiger charge is 1.92. The Labute approximate surface area is 72.9 Å². The summed E-state index contributed by atoms with van der Waals surface area (Å²) in [4.78, 5) is 0. The minimum atomic E-state index is 0.549. The molecule has 0 unspecified atom stereocenters. The number of hydrogen-bond acceptors (Lipinski definition) is 2. The Morgan fingerprint density at radius 2 is 2.42 bits per heavy atom. The van der Waals surface area contributed by atoms with Crippen LogP contribution in [-0.2, 0) is 0 Å². The van der Waals surface area contributed by atoms with Crippen molar-refractivity contribution in [3.05, 3.63) is 36.9 Å². The lowest BCUT2D eigenvalue weighted by Crippen LogP contribution is -1.94. The number of benzene rings is 1. The summed E-state index contributed by atoms with van der Waals surface area (Å²) in [6.07, 6.45) is 1.73. The molecule has 2 nitrogen and oxygen atoms in total. The maximum atomic E-state index is 5.34. The zero-order chi connectivity index (χ0) is 8.81. The quantitative estimate of drug-likeness (QED) is 0.687. The zero-order valence-corrected chi connectivity index (χ0v) is 7.21. The summed E-state index contributed by atoms with van der Waals surface area (Å²) in [5.74, 6) is 0.863. The van der Waals surface area contributed by atoms with E-state index in [1.54, 1.807) is 6.08 Å². The molecule has 1 rings (SSSR count). The topological polar surface area (TPSA) is 21.3 Å². The van der Waals surface area contributed by atoms with E-state index in [2.05, 4.69) is 11.9 Å². The van der Waals surface area contributed by atoms with E-state index in [0.29, 0.717) is 6.61 Å². The Hall–Kier alpha value is -1.44. The van der Waals surface area contributed by atoms with Crippen LogP contribution in [0, 0.1) is 0 Å². The summed E-state index contributed by atoms with van der Waals surface area (Å²) in [6.45, 7) is 4.13. The van der Waals surface area contributed by atoms with Gasteiger partial charge in [-0.25, -0.2) is 0 Å². The molecule has 0 amide bonds. The molecule has 1 N–H and O–H groups in total. The fourth-order valence-corrected chi connectivity index (χ4v) is 0.897. The summed E-state index contributed by atoms with van der Waals surface area (Å²) < 4.78 is 5.34. The fraction of sp³-hybridized carbons (Fsp3) is 0.200. The van der Waals surface area contributed by atoms with Crippen LogP contribution in [0.2, 0.25) is 0 Å². The third-order valence-corrected chi connectivity index (χ3v) is 1.49. The van der Waals surface area contributed by atoms with Crippen molar-refractivity contribution in [1.29, 1.82) is 0 Å². The molecule has 1 aromatic carbocycles. The molecule has 0 bridgehead atoms. The summed E-state index contributed by atoms with van der Waals surface area (Å²) >= 11 is 0. The number of anilines is 1. The SMILES string of the molecule is C=CCOc1cccc(NC)c1. The van der Waals surface area contributed by atoms with E-state index in [1.807, 2.05) is 31.3 Å². The fourth-order valence-electron chi connectivity index (χ4n) is 0.897. The highest BCUT2D eigenvalue weighted by molar-refractivity contribution is 5.47. The van der Waals surface area contributed by atoms with E-state index in [-0.39, 0.29) is 0 Å². The Bertz CT molecular complexity index is 258. The van der Waals surface area contributed by atoms with Gasteiger partial charge in [-0.05, 0) is 12.1 Å². The molecule has 0 heterocycles. The molecule has 12 heavy (non-hydrogen) atoms. The van der Waals surface area contributed by atoms with E-state index in [1.165, 1.54) is 0 Å². The molecule has 0 atom stereocenters. The van der Waals surface area contributed by atoms with Gasteiger partial charge in [0, 0.05) is 18.8 Å². The maximum absolute atomic E-state index is 5.34. The molecular formula is C10H13NO. The van der Waals surface area contributed by atoms with Crippen LogP contribution in [0.4, 0.5) is 5.69 Å². The molecule has 0 saturated carbocycles. The van der Waals surface area contributed by atoms with Gasteiger partial charge in [-0.1, -0.05) is 18.7 Å². The first-order valence-corrected chi connectivity index (χ1v) is 3.88. The maximum Gasteiger partial charge on any atom is 0.121 e. The monoisotopic (exact) mass is 163 g/mol. The van der Waals surface area contributed by atoms with Gasteiger partial charge in [-0.2, -0.15) is 0 Å². The first kappa shape index (κ1) is 8.65. The van der Waals surface area contributed by atoms with Crippen molar-refractivity contribution in [2.24, 2.45) is 0 Å². The standard InChI is InChI=1S/C10H13NO/c1-3-7-12-10-6-4-5-9(8-10)11-2/h3-6,8,11H,1,7H2,2H3. The van der Waals surface area contributed by atoms with Gasteiger partial charge in [0.25, 0.3) is 0 Å². The average molecular weight is 163 g/mol. The lowest BCUT2D eigenvalue weighted by Gasteiger charge is -2.04. The molecule has 0 saturated heterocycles. The van der Waals surface area contributed by atoms with Crippen molar-refractivity contribution in [1.82, 2.24) is 0 Å². The van der Waals surface area contributed by atoms with Gasteiger partial charge in [0.2, 0.25) is 0 Å². The first-order valence-electron chi connectivity index (χ1n) is 3.88. The minimum Gasteiger partial charge on any atom is -0.489 e. The van der Waals surface area contributed by atoms with Crippen LogP contribution < -0.4 is 10.1 Å². The zero-order valence-electron chi connectivity index (χ0n) is 7.21. The van der Waals surface area contributed by atoms with Gasteiger partial charge < -0.3 is 10.1 Å². The molecule has 64 valence electrons. The van der Waals surface area contributed by atoms with Crippen molar-refractivity contribution in [3.63, 3.8) is 0 Å². The van der Waals surface area contributed by atoms with E-state index >= 15 is 0 Å². The van der Waals surface area contributed by atoms with Crippen LogP contribution in [0.25, 0.3) is 0 Å². The van der Waals surface area contributed by atoms with Crippen LogP contribution in [-0.4, -0.2) is 13.7 Å². The van der Waals surface area contributed by atoms with Crippen molar-refractivity contribution in [2.45, 2.75) is 0 Å². The van der Waals surface area contributed by atoms with Gasteiger partial charge in [0.05, 0.1) is 0 Å². The third-order valence-electron chi connectivity index (χ3n) is 1.49. The van der Waals surface area contributed by atoms with Crippen molar-refractivity contribution < 1.29 is 4.74 Å². The Morgan fingerprint density at radius 3 is 3.08 bits per heavy atom. The lowest BCUT2D eigenvalue weighted by molar-refractivity contribution is 0.363. The Kier molecular flexibility index (Phi) is 3.20. The molecular weight excluding hydrogens is 150 g/mol. The molecule has 0 aliphatic heterocycles. The van der Waals surface area contributed by atoms with Gasteiger partial charge in [0.1, 0.15) is 12.4 Å². The highest BCUT2D eigenvalue weighted by atomic mass is 16.5. The van der Waals surface area contributed by atoms with Crippen molar-refractivity contribution >= 4 is 5.69 Å². The third kappa shape index (κ3) is 2.31. The van der Waals surface area contributed by atoms with E-state index in [0.717, 1.165) is 11.4 Å². The predicted molar refractivity (Wildman–Crippen MR) is 51.7 cm³/mol. The van der Waals surface area contributed by atoms with Crippen LogP contribution in [0.15, 0.2) is 36.9 Å². The van der Waals surface area contributed by atoms with E-state index in [9.17, 15) is 0 Å². The summed E-state index contributed by atoms with van der Waals surface area (Å²) in [5, 5.41) is 3.04. The molecule has 0 radical (unpaired) electrons. The lowest BCUT2D eigenvalue weighted by atomic mass is 10.3. The Morgan fingerprint density at radius 1 is 1.58 bits per heavy atom. The smallest absolute Gasteiger partial charge is 0.121 e. The number of rotatable bonds is 4. The first-order chi connectivity index (χ1) is 5.86. The molecule has 0 aliphatic rings. The minimum absolute atomic E-state index is 0.549. The van der Waals surface area contributed by atoms with Crippen LogP contribution in [0.3, 0.4) is 0 Å². The van der Waals surface area contributed by atoms with Gasteiger partial charge in [-0.3, -0.25) is 0 Å². The predicted octanol–water partition coefficient (Wildman–Crippen LogP) is 2.29. The highest BCUT2D eigenvalue weighted by Crippen LogP contribution is 2.16. The summed E-state index contributed by atoms with van der Waals surface area (Å²) in [7, 11) is 1.88. The number of nitrogens with one attached hydrogen (secondary N) is 1. The van der Waals surface area contributed by atoms with E-state index < -0.39 is 0 Å². The van der Waals surface area contributed by atoms with E-state index in [4.69, 9.17) is 4.74 Å². The normalized spacial score (nSPS) is 9.08.